The lowest BCUT2D eigenvalue weighted by Crippen LogP contribution is -2.34. The minimum atomic E-state index is -0.644. The summed E-state index contributed by atoms with van der Waals surface area (Å²) < 4.78 is 15.7. The van der Waals surface area contributed by atoms with E-state index in [2.05, 4.69) is 20.9 Å². The van der Waals surface area contributed by atoms with Crippen molar-refractivity contribution in [2.45, 2.75) is 33.3 Å². The Kier molecular flexibility index (Phi) is 7.93. The van der Waals surface area contributed by atoms with Crippen LogP contribution in [0.2, 0.25) is 0 Å². The molecule has 30 heavy (non-hydrogen) atoms. The van der Waals surface area contributed by atoms with Crippen LogP contribution in [0.4, 0.5) is 21.1 Å². The number of amides is 2. The van der Waals surface area contributed by atoms with Crippen molar-refractivity contribution in [1.29, 1.82) is 0 Å². The monoisotopic (exact) mass is 432 g/mol. The zero-order valence-electron chi connectivity index (χ0n) is 17.1. The first-order valence-electron chi connectivity index (χ1n) is 9.13. The van der Waals surface area contributed by atoms with Gasteiger partial charge < -0.3 is 19.5 Å². The highest BCUT2D eigenvalue weighted by Gasteiger charge is 2.16. The molecule has 0 aliphatic rings. The van der Waals surface area contributed by atoms with Crippen LogP contribution in [-0.2, 0) is 9.47 Å². The fraction of sp³-hybridized carbons (Fsp3) is 0.300. The van der Waals surface area contributed by atoms with Crippen molar-refractivity contribution in [2.24, 2.45) is 0 Å². The van der Waals surface area contributed by atoms with Crippen LogP contribution in [-0.4, -0.2) is 34.5 Å². The second-order valence-electron chi connectivity index (χ2n) is 6.94. The molecule has 1 aromatic carbocycles. The maximum Gasteiger partial charge on any atom is 0.413 e. The fourth-order valence-electron chi connectivity index (χ4n) is 2.12. The molecule has 0 fully saturated rings. The number of hydrogen-bond donors (Lipinski definition) is 3. The van der Waals surface area contributed by atoms with E-state index in [-0.39, 0.29) is 11.7 Å². The number of thiocarbonyl (C=S) groups is 1. The van der Waals surface area contributed by atoms with Gasteiger partial charge in [-0.15, -0.1) is 0 Å². The zero-order valence-corrected chi connectivity index (χ0v) is 18.0. The largest absolute Gasteiger partial charge is 0.456 e. The van der Waals surface area contributed by atoms with E-state index >= 15 is 0 Å². The Bertz CT molecular complexity index is 897. The van der Waals surface area contributed by atoms with Gasteiger partial charge in [0.25, 0.3) is 0 Å². The minimum absolute atomic E-state index is 0.0653. The number of anilines is 2. The van der Waals surface area contributed by atoms with Crippen LogP contribution in [0.25, 0.3) is 0 Å². The minimum Gasteiger partial charge on any atom is -0.456 e. The molecular weight excluding hydrogens is 408 g/mol. The maximum atomic E-state index is 11.9. The third-order valence-electron chi connectivity index (χ3n) is 3.18. The van der Waals surface area contributed by atoms with Crippen LogP contribution in [0.1, 0.15) is 27.7 Å². The second-order valence-corrected chi connectivity index (χ2v) is 7.34. The Hall–Kier alpha value is -3.40. The van der Waals surface area contributed by atoms with Crippen LogP contribution < -0.4 is 20.7 Å². The van der Waals surface area contributed by atoms with E-state index in [4.69, 9.17) is 26.4 Å². The molecule has 3 N–H and O–H groups in total. The van der Waals surface area contributed by atoms with Gasteiger partial charge in [-0.3, -0.25) is 10.6 Å². The molecule has 10 heteroatoms. The van der Waals surface area contributed by atoms with Crippen LogP contribution in [0.3, 0.4) is 0 Å². The molecule has 160 valence electrons. The van der Waals surface area contributed by atoms with Gasteiger partial charge in [-0.1, -0.05) is 6.07 Å². The Balaban J connectivity index is 1.93. The van der Waals surface area contributed by atoms with Crippen molar-refractivity contribution in [3.8, 4) is 11.5 Å². The SMILES string of the molecule is CCOC(=O)NC(=S)Nc1ccc(Oc2cccc(NC(=O)OC(C)(C)C)c2)cn1. The van der Waals surface area contributed by atoms with E-state index < -0.39 is 17.8 Å². The van der Waals surface area contributed by atoms with Gasteiger partial charge >= 0.3 is 12.2 Å². The van der Waals surface area contributed by atoms with Crippen molar-refractivity contribution in [3.63, 3.8) is 0 Å². The quantitative estimate of drug-likeness (QED) is 0.585. The van der Waals surface area contributed by atoms with Gasteiger partial charge in [-0.25, -0.2) is 14.6 Å². The first-order chi connectivity index (χ1) is 14.1. The van der Waals surface area contributed by atoms with Gasteiger partial charge in [0.1, 0.15) is 22.9 Å². The van der Waals surface area contributed by atoms with Crippen molar-refractivity contribution in [3.05, 3.63) is 42.6 Å². The van der Waals surface area contributed by atoms with Crippen molar-refractivity contribution in [1.82, 2.24) is 10.3 Å². The molecule has 0 radical (unpaired) electrons. The van der Waals surface area contributed by atoms with Crippen LogP contribution in [0.5, 0.6) is 11.5 Å². The van der Waals surface area contributed by atoms with E-state index in [0.29, 0.717) is 23.0 Å². The number of nitrogens with zero attached hydrogens (tertiary/aromatic N) is 1. The first kappa shape index (κ1) is 22.9. The molecule has 1 aromatic heterocycles. The third-order valence-corrected chi connectivity index (χ3v) is 3.39. The van der Waals surface area contributed by atoms with Crippen molar-refractivity contribution >= 4 is 41.0 Å². The standard InChI is InChI=1S/C20H24N4O5S/c1-5-27-18(25)24-17(30)23-16-10-9-15(12-21-16)28-14-8-6-7-13(11-14)22-19(26)29-20(2,3)4/h6-12H,5H2,1-4H3,(H,22,26)(H2,21,23,24,25,30). The highest BCUT2D eigenvalue weighted by Crippen LogP contribution is 2.24. The predicted octanol–water partition coefficient (Wildman–Crippen LogP) is 4.66. The van der Waals surface area contributed by atoms with E-state index in [1.165, 1.54) is 6.20 Å². The van der Waals surface area contributed by atoms with Gasteiger partial charge in [0, 0.05) is 11.8 Å². The molecule has 0 saturated carbocycles. The normalized spacial score (nSPS) is 10.5. The Morgan fingerprint density at radius 1 is 1.07 bits per heavy atom. The summed E-state index contributed by atoms with van der Waals surface area (Å²) in [7, 11) is 0. The molecule has 0 unspecified atom stereocenters. The van der Waals surface area contributed by atoms with Crippen LogP contribution in [0, 0.1) is 0 Å². The topological polar surface area (TPSA) is 111 Å². The Morgan fingerprint density at radius 2 is 1.83 bits per heavy atom. The summed E-state index contributed by atoms with van der Waals surface area (Å²) in [5, 5.41) is 7.85. The van der Waals surface area contributed by atoms with Gasteiger partial charge in [0.2, 0.25) is 0 Å². The third kappa shape index (κ3) is 8.31. The highest BCUT2D eigenvalue weighted by atomic mass is 32.1. The van der Waals surface area contributed by atoms with Gasteiger partial charge in [0.05, 0.1) is 12.8 Å². The summed E-state index contributed by atoms with van der Waals surface area (Å²) in [4.78, 5) is 27.4. The predicted molar refractivity (Wildman–Crippen MR) is 117 cm³/mol. The number of pyridine rings is 1. The first-order valence-corrected chi connectivity index (χ1v) is 9.54. The van der Waals surface area contributed by atoms with Crippen LogP contribution >= 0.6 is 12.2 Å². The lowest BCUT2D eigenvalue weighted by atomic mass is 10.2. The molecule has 9 nitrogen and oxygen atoms in total. The average molecular weight is 433 g/mol. The number of rotatable bonds is 5. The zero-order chi connectivity index (χ0) is 22.1. The molecule has 0 aliphatic carbocycles. The summed E-state index contributed by atoms with van der Waals surface area (Å²) >= 11 is 5.01. The van der Waals surface area contributed by atoms with Gasteiger partial charge in [-0.2, -0.15) is 0 Å². The summed E-state index contributed by atoms with van der Waals surface area (Å²) in [5.41, 5.74) is -0.0586. The van der Waals surface area contributed by atoms with Gasteiger partial charge in [0.15, 0.2) is 5.11 Å². The number of ether oxygens (including phenoxy) is 3. The molecule has 0 aliphatic heterocycles. The second kappa shape index (κ2) is 10.4. The summed E-state index contributed by atoms with van der Waals surface area (Å²) in [5.74, 6) is 1.40. The molecule has 0 bridgehead atoms. The maximum absolute atomic E-state index is 11.9. The lowest BCUT2D eigenvalue weighted by Gasteiger charge is -2.19. The number of nitrogens with one attached hydrogen (secondary N) is 3. The Morgan fingerprint density at radius 3 is 2.47 bits per heavy atom. The number of aromatic nitrogens is 1. The number of alkyl carbamates (subject to hydrolysis) is 1. The number of carbonyl (C=O) groups excluding carboxylic acids is 2. The lowest BCUT2D eigenvalue weighted by molar-refractivity contribution is 0.0636. The Labute approximate surface area is 180 Å². The molecule has 2 amide bonds. The molecule has 2 rings (SSSR count). The van der Waals surface area contributed by atoms with E-state index in [9.17, 15) is 9.59 Å². The van der Waals surface area contributed by atoms with E-state index in [0.717, 1.165) is 0 Å². The number of carbonyl (C=O) groups is 2. The average Bonchev–Trinajstić information content (AvgIpc) is 2.62. The van der Waals surface area contributed by atoms with E-state index in [1.807, 2.05) is 0 Å². The molecule has 0 saturated heterocycles. The van der Waals surface area contributed by atoms with Crippen molar-refractivity contribution in [2.75, 3.05) is 17.2 Å². The molecular formula is C20H24N4O5S. The van der Waals surface area contributed by atoms with Gasteiger partial charge in [-0.05, 0) is 64.2 Å². The molecule has 2 aromatic rings. The number of benzene rings is 1. The van der Waals surface area contributed by atoms with E-state index in [1.54, 1.807) is 64.1 Å². The van der Waals surface area contributed by atoms with Crippen LogP contribution in [0.15, 0.2) is 42.6 Å². The molecule has 0 atom stereocenters. The summed E-state index contributed by atoms with van der Waals surface area (Å²) in [6.07, 6.45) is 0.294. The smallest absolute Gasteiger partial charge is 0.413 e. The number of hydrogen-bond acceptors (Lipinski definition) is 7. The highest BCUT2D eigenvalue weighted by molar-refractivity contribution is 7.80. The van der Waals surface area contributed by atoms with Crippen molar-refractivity contribution < 1.29 is 23.8 Å². The fourth-order valence-corrected chi connectivity index (χ4v) is 2.30. The summed E-state index contributed by atoms with van der Waals surface area (Å²) in [6.45, 7) is 7.30. The summed E-state index contributed by atoms with van der Waals surface area (Å²) in [6, 6.07) is 10.2. The molecule has 0 spiro atoms. The molecule has 1 heterocycles.